The number of aliphatic carboxylic acids is 1. The van der Waals surface area contributed by atoms with Crippen molar-refractivity contribution in [2.45, 2.75) is 24.9 Å². The van der Waals surface area contributed by atoms with Gasteiger partial charge in [-0.1, -0.05) is 0 Å². The molecule has 1 N–H and O–H groups in total. The molecule has 6 nitrogen and oxygen atoms in total. The van der Waals surface area contributed by atoms with E-state index in [4.69, 9.17) is 14.6 Å². The number of morpholine rings is 1. The second-order valence-corrected chi connectivity index (χ2v) is 4.04. The molecular weight excluding hydrogens is 214 g/mol. The molecule has 2 fully saturated rings. The van der Waals surface area contributed by atoms with E-state index in [2.05, 4.69) is 0 Å². The molecule has 2 rings (SSSR count). The largest absolute Gasteiger partial charge is 0.480 e. The molecule has 1 amide bonds. The molecule has 2 aliphatic heterocycles. The number of carbonyl (C=O) groups is 2. The van der Waals surface area contributed by atoms with E-state index < -0.39 is 12.0 Å². The Morgan fingerprint density at radius 2 is 2.19 bits per heavy atom. The summed E-state index contributed by atoms with van der Waals surface area (Å²) in [5.41, 5.74) is 0. The van der Waals surface area contributed by atoms with Crippen LogP contribution >= 0.6 is 0 Å². The molecular formula is C10H15NO5. The van der Waals surface area contributed by atoms with Crippen molar-refractivity contribution < 1.29 is 24.2 Å². The van der Waals surface area contributed by atoms with Gasteiger partial charge in [0, 0.05) is 6.61 Å². The minimum Gasteiger partial charge on any atom is -0.480 e. The Balaban J connectivity index is 2.11. The maximum atomic E-state index is 11.7. The van der Waals surface area contributed by atoms with Gasteiger partial charge < -0.3 is 19.5 Å². The lowest BCUT2D eigenvalue weighted by Crippen LogP contribution is -2.59. The zero-order valence-electron chi connectivity index (χ0n) is 8.92. The van der Waals surface area contributed by atoms with Gasteiger partial charge in [0.1, 0.15) is 6.61 Å². The third-order valence-electron chi connectivity index (χ3n) is 2.94. The molecule has 0 aromatic carbocycles. The lowest BCUT2D eigenvalue weighted by atomic mass is 10.0. The summed E-state index contributed by atoms with van der Waals surface area (Å²) in [7, 11) is 0. The quantitative estimate of drug-likeness (QED) is 0.689. The SMILES string of the molecule is O=C(O)C1COCC(=O)N1C1CCCOC1. The minimum absolute atomic E-state index is 0.0275. The Hall–Kier alpha value is -1.14. The normalized spacial score (nSPS) is 31.5. The first-order valence-electron chi connectivity index (χ1n) is 5.39. The molecule has 0 aromatic heterocycles. The van der Waals surface area contributed by atoms with Gasteiger partial charge in [-0.2, -0.15) is 0 Å². The van der Waals surface area contributed by atoms with Gasteiger partial charge >= 0.3 is 5.97 Å². The fraction of sp³-hybridized carbons (Fsp3) is 0.800. The fourth-order valence-corrected chi connectivity index (χ4v) is 2.18. The molecule has 0 aliphatic carbocycles. The first-order chi connectivity index (χ1) is 7.70. The third kappa shape index (κ3) is 2.17. The summed E-state index contributed by atoms with van der Waals surface area (Å²) in [5, 5.41) is 9.04. The number of carbonyl (C=O) groups excluding carboxylic acids is 1. The highest BCUT2D eigenvalue weighted by atomic mass is 16.5. The van der Waals surface area contributed by atoms with E-state index in [0.717, 1.165) is 12.8 Å². The number of carboxylic acid groups (broad SMARTS) is 1. The molecule has 0 spiro atoms. The Morgan fingerprint density at radius 1 is 1.38 bits per heavy atom. The van der Waals surface area contributed by atoms with Crippen molar-refractivity contribution in [3.8, 4) is 0 Å². The molecule has 2 aliphatic rings. The van der Waals surface area contributed by atoms with E-state index in [1.54, 1.807) is 0 Å². The van der Waals surface area contributed by atoms with E-state index in [0.29, 0.717) is 13.2 Å². The van der Waals surface area contributed by atoms with Gasteiger partial charge in [0.25, 0.3) is 0 Å². The van der Waals surface area contributed by atoms with Gasteiger partial charge in [0.15, 0.2) is 6.04 Å². The minimum atomic E-state index is -1.02. The Labute approximate surface area is 93.1 Å². The topological polar surface area (TPSA) is 76.1 Å². The van der Waals surface area contributed by atoms with Crippen molar-refractivity contribution in [3.63, 3.8) is 0 Å². The number of nitrogens with zero attached hydrogens (tertiary/aromatic N) is 1. The van der Waals surface area contributed by atoms with Crippen LogP contribution in [0.2, 0.25) is 0 Å². The average molecular weight is 229 g/mol. The number of hydrogen-bond acceptors (Lipinski definition) is 4. The molecule has 16 heavy (non-hydrogen) atoms. The van der Waals surface area contributed by atoms with E-state index >= 15 is 0 Å². The van der Waals surface area contributed by atoms with Crippen molar-refractivity contribution in [3.05, 3.63) is 0 Å². The predicted octanol–water partition coefficient (Wildman–Crippen LogP) is -0.523. The van der Waals surface area contributed by atoms with Crippen molar-refractivity contribution >= 4 is 11.9 Å². The summed E-state index contributed by atoms with van der Waals surface area (Å²) >= 11 is 0. The predicted molar refractivity (Wildman–Crippen MR) is 52.9 cm³/mol. The maximum Gasteiger partial charge on any atom is 0.328 e. The van der Waals surface area contributed by atoms with Crippen LogP contribution in [-0.2, 0) is 19.1 Å². The Morgan fingerprint density at radius 3 is 2.81 bits per heavy atom. The van der Waals surface area contributed by atoms with E-state index in [-0.39, 0.29) is 25.2 Å². The third-order valence-corrected chi connectivity index (χ3v) is 2.94. The Kier molecular flexibility index (Phi) is 3.40. The molecule has 0 radical (unpaired) electrons. The number of hydrogen-bond donors (Lipinski definition) is 1. The van der Waals surface area contributed by atoms with Crippen molar-refractivity contribution in [1.29, 1.82) is 0 Å². The monoisotopic (exact) mass is 229 g/mol. The van der Waals surface area contributed by atoms with E-state index in [1.807, 2.05) is 0 Å². The van der Waals surface area contributed by atoms with E-state index in [9.17, 15) is 9.59 Å². The molecule has 2 heterocycles. The highest BCUT2D eigenvalue weighted by Gasteiger charge is 2.39. The summed E-state index contributed by atoms with van der Waals surface area (Å²) in [4.78, 5) is 24.2. The van der Waals surface area contributed by atoms with Gasteiger partial charge in [-0.15, -0.1) is 0 Å². The van der Waals surface area contributed by atoms with Crippen LogP contribution in [0.25, 0.3) is 0 Å². The zero-order valence-corrected chi connectivity index (χ0v) is 8.92. The van der Waals surface area contributed by atoms with Crippen LogP contribution in [0.4, 0.5) is 0 Å². The molecule has 0 saturated carbocycles. The molecule has 0 bridgehead atoms. The summed E-state index contributed by atoms with van der Waals surface area (Å²) in [6.07, 6.45) is 1.66. The summed E-state index contributed by atoms with van der Waals surface area (Å²) in [6.45, 7) is 1.15. The van der Waals surface area contributed by atoms with Gasteiger partial charge in [-0.05, 0) is 12.8 Å². The molecule has 90 valence electrons. The number of amides is 1. The van der Waals surface area contributed by atoms with Crippen molar-refractivity contribution in [1.82, 2.24) is 4.90 Å². The summed E-state index contributed by atoms with van der Waals surface area (Å²) < 4.78 is 10.2. The van der Waals surface area contributed by atoms with Crippen LogP contribution in [0.1, 0.15) is 12.8 Å². The van der Waals surface area contributed by atoms with Crippen LogP contribution in [0.5, 0.6) is 0 Å². The molecule has 2 atom stereocenters. The van der Waals surface area contributed by atoms with Gasteiger partial charge in [0.05, 0.1) is 19.3 Å². The van der Waals surface area contributed by atoms with Gasteiger partial charge in [-0.25, -0.2) is 4.79 Å². The average Bonchev–Trinajstić information content (AvgIpc) is 2.29. The first-order valence-corrected chi connectivity index (χ1v) is 5.39. The van der Waals surface area contributed by atoms with Crippen LogP contribution in [-0.4, -0.2) is 60.4 Å². The summed E-state index contributed by atoms with van der Waals surface area (Å²) in [6, 6.07) is -0.987. The van der Waals surface area contributed by atoms with Crippen molar-refractivity contribution in [2.75, 3.05) is 26.4 Å². The standard InChI is InChI=1S/C10H15NO5/c12-9-6-16-5-8(10(13)14)11(9)7-2-1-3-15-4-7/h7-8H,1-6H2,(H,13,14). The lowest BCUT2D eigenvalue weighted by molar-refractivity contribution is -0.169. The van der Waals surface area contributed by atoms with E-state index in [1.165, 1.54) is 4.90 Å². The highest BCUT2D eigenvalue weighted by molar-refractivity contribution is 5.85. The molecule has 6 heteroatoms. The number of ether oxygens (including phenoxy) is 2. The number of rotatable bonds is 2. The van der Waals surface area contributed by atoms with Crippen LogP contribution < -0.4 is 0 Å². The van der Waals surface area contributed by atoms with Crippen molar-refractivity contribution in [2.24, 2.45) is 0 Å². The van der Waals surface area contributed by atoms with Crippen LogP contribution in [0.3, 0.4) is 0 Å². The van der Waals surface area contributed by atoms with Crippen LogP contribution in [0.15, 0.2) is 0 Å². The molecule has 0 aromatic rings. The number of carboxylic acids is 1. The lowest BCUT2D eigenvalue weighted by Gasteiger charge is -2.40. The molecule has 2 saturated heterocycles. The van der Waals surface area contributed by atoms with Crippen LogP contribution in [0, 0.1) is 0 Å². The fourth-order valence-electron chi connectivity index (χ4n) is 2.18. The maximum absolute atomic E-state index is 11.7. The smallest absolute Gasteiger partial charge is 0.328 e. The Bertz CT molecular complexity index is 287. The highest BCUT2D eigenvalue weighted by Crippen LogP contribution is 2.19. The second-order valence-electron chi connectivity index (χ2n) is 4.04. The second kappa shape index (κ2) is 4.80. The van der Waals surface area contributed by atoms with Gasteiger partial charge in [0.2, 0.25) is 5.91 Å². The zero-order chi connectivity index (χ0) is 11.5. The molecule has 2 unspecified atom stereocenters. The first kappa shape index (κ1) is 11.3. The van der Waals surface area contributed by atoms with Gasteiger partial charge in [-0.3, -0.25) is 4.79 Å². The summed E-state index contributed by atoms with van der Waals surface area (Å²) in [5.74, 6) is -1.27.